The number of hydrogen-bond acceptors (Lipinski definition) is 5. The Morgan fingerprint density at radius 3 is 2.39 bits per heavy atom. The fourth-order valence-corrected chi connectivity index (χ4v) is 1.18. The fourth-order valence-electron chi connectivity index (χ4n) is 1.18. The fraction of sp³-hybridized carbons (Fsp3) is 0.583. The maximum atomic E-state index is 10.0. The summed E-state index contributed by atoms with van der Waals surface area (Å²) < 4.78 is 10.5. The monoisotopic (exact) mass is 253 g/mol. The van der Waals surface area contributed by atoms with Crippen molar-refractivity contribution < 1.29 is 19.5 Å². The van der Waals surface area contributed by atoms with Crippen molar-refractivity contribution in [3.05, 3.63) is 18.3 Å². The number of ether oxygens (including phenoxy) is 1. The molecule has 0 aliphatic rings. The summed E-state index contributed by atoms with van der Waals surface area (Å²) in [6.45, 7) is 6.70. The van der Waals surface area contributed by atoms with Crippen LogP contribution in [0.2, 0.25) is 0 Å². The molecule has 1 rings (SSSR count). The van der Waals surface area contributed by atoms with Crippen molar-refractivity contribution in [1.29, 1.82) is 0 Å². The maximum absolute atomic E-state index is 10.0. The minimum absolute atomic E-state index is 0.399. The van der Waals surface area contributed by atoms with Crippen LogP contribution in [0, 0.1) is 0 Å². The van der Waals surface area contributed by atoms with Crippen LogP contribution in [0.5, 0.6) is 5.88 Å². The van der Waals surface area contributed by atoms with E-state index in [1.165, 1.54) is 13.3 Å². The van der Waals surface area contributed by atoms with Gasteiger partial charge in [0.15, 0.2) is 0 Å². The highest BCUT2D eigenvalue weighted by atomic mass is 16.5. The van der Waals surface area contributed by atoms with E-state index in [1.807, 2.05) is 0 Å². The van der Waals surface area contributed by atoms with Gasteiger partial charge in [-0.25, -0.2) is 4.98 Å². The molecule has 0 aliphatic carbocycles. The number of pyridine rings is 1. The van der Waals surface area contributed by atoms with Crippen molar-refractivity contribution in [3.63, 3.8) is 0 Å². The predicted molar refractivity (Wildman–Crippen MR) is 69.9 cm³/mol. The van der Waals surface area contributed by atoms with Crippen molar-refractivity contribution >= 4 is 12.6 Å². The molecule has 6 heteroatoms. The van der Waals surface area contributed by atoms with Crippen LogP contribution in [-0.2, 0) is 4.65 Å². The van der Waals surface area contributed by atoms with E-state index in [-0.39, 0.29) is 0 Å². The van der Waals surface area contributed by atoms with Crippen molar-refractivity contribution in [3.8, 4) is 5.88 Å². The van der Waals surface area contributed by atoms with Crippen molar-refractivity contribution in [2.75, 3.05) is 7.11 Å². The third-order valence-corrected chi connectivity index (χ3v) is 3.13. The van der Waals surface area contributed by atoms with Crippen LogP contribution in [0.15, 0.2) is 18.3 Å². The lowest BCUT2D eigenvalue weighted by Gasteiger charge is -2.38. The molecule has 0 aromatic carbocycles. The van der Waals surface area contributed by atoms with Crippen LogP contribution in [-0.4, -0.2) is 40.5 Å². The number of nitrogens with zero attached hydrogens (tertiary/aromatic N) is 1. The Labute approximate surface area is 108 Å². The largest absolute Gasteiger partial charge is 0.491 e. The first-order valence-corrected chi connectivity index (χ1v) is 5.75. The molecule has 18 heavy (non-hydrogen) atoms. The molecule has 0 unspecified atom stereocenters. The molecule has 0 saturated carbocycles. The van der Waals surface area contributed by atoms with E-state index in [0.717, 1.165) is 0 Å². The highest BCUT2D eigenvalue weighted by molar-refractivity contribution is 6.60. The summed E-state index contributed by atoms with van der Waals surface area (Å²) in [5.74, 6) is 0.399. The van der Waals surface area contributed by atoms with Gasteiger partial charge in [-0.1, -0.05) is 0 Å². The Morgan fingerprint density at radius 1 is 1.28 bits per heavy atom. The quantitative estimate of drug-likeness (QED) is 0.740. The lowest BCUT2D eigenvalue weighted by molar-refractivity contribution is -0.0982. The number of hydrogen-bond donors (Lipinski definition) is 2. The minimum Gasteiger partial charge on any atom is -0.481 e. The van der Waals surface area contributed by atoms with Gasteiger partial charge in [-0.15, -0.1) is 0 Å². The van der Waals surface area contributed by atoms with Crippen LogP contribution < -0.4 is 10.2 Å². The summed E-state index contributed by atoms with van der Waals surface area (Å²) in [6.07, 6.45) is 1.53. The maximum Gasteiger partial charge on any atom is 0.491 e. The minimum atomic E-state index is -1.15. The van der Waals surface area contributed by atoms with Gasteiger partial charge in [-0.3, -0.25) is 0 Å². The molecule has 5 nitrogen and oxygen atoms in total. The molecule has 0 bridgehead atoms. The lowest BCUT2D eigenvalue weighted by atomic mass is 9.77. The summed E-state index contributed by atoms with van der Waals surface area (Å²) in [7, 11) is 0.350. The molecule has 2 N–H and O–H groups in total. The zero-order valence-corrected chi connectivity index (χ0v) is 11.5. The molecular weight excluding hydrogens is 233 g/mol. The first-order chi connectivity index (χ1) is 8.17. The molecule has 0 aliphatic heterocycles. The van der Waals surface area contributed by atoms with Gasteiger partial charge in [0.25, 0.3) is 0 Å². The molecule has 0 radical (unpaired) electrons. The Kier molecular flexibility index (Phi) is 4.37. The summed E-state index contributed by atoms with van der Waals surface area (Å²) in [4.78, 5) is 3.95. The highest BCUT2D eigenvalue weighted by Gasteiger charge is 2.39. The van der Waals surface area contributed by atoms with Gasteiger partial charge >= 0.3 is 7.12 Å². The van der Waals surface area contributed by atoms with Gasteiger partial charge in [-0.2, -0.15) is 0 Å². The third-order valence-electron chi connectivity index (χ3n) is 3.13. The third kappa shape index (κ3) is 3.44. The van der Waals surface area contributed by atoms with E-state index in [2.05, 4.69) is 4.98 Å². The number of methoxy groups -OCH3 is 1. The Bertz CT molecular complexity index is 403. The van der Waals surface area contributed by atoms with Crippen molar-refractivity contribution in [2.45, 2.75) is 38.9 Å². The van der Waals surface area contributed by atoms with Gasteiger partial charge < -0.3 is 19.5 Å². The highest BCUT2D eigenvalue weighted by Crippen LogP contribution is 2.25. The molecule has 0 spiro atoms. The van der Waals surface area contributed by atoms with Crippen LogP contribution in [0.4, 0.5) is 0 Å². The zero-order valence-electron chi connectivity index (χ0n) is 11.5. The Morgan fingerprint density at radius 2 is 1.89 bits per heavy atom. The topological polar surface area (TPSA) is 71.8 Å². The van der Waals surface area contributed by atoms with Gasteiger partial charge in [0, 0.05) is 12.3 Å². The number of aromatic nitrogens is 1. The van der Waals surface area contributed by atoms with Crippen LogP contribution in [0.1, 0.15) is 27.7 Å². The first-order valence-electron chi connectivity index (χ1n) is 5.75. The second kappa shape index (κ2) is 5.26. The Hall–Kier alpha value is -1.11. The van der Waals surface area contributed by atoms with Crippen molar-refractivity contribution in [1.82, 2.24) is 4.98 Å². The van der Waals surface area contributed by atoms with Crippen molar-refractivity contribution in [2.24, 2.45) is 0 Å². The zero-order chi connectivity index (χ0) is 14.0. The normalized spacial score (nSPS) is 12.4. The standard InChI is InChI=1S/C12H20BNO4/c1-11(2,15)12(3,4)18-13(16)9-6-7-14-10(8-9)17-5/h6-8,15-16H,1-5H3. The van der Waals surface area contributed by atoms with Gasteiger partial charge in [0.05, 0.1) is 18.3 Å². The lowest BCUT2D eigenvalue weighted by Crippen LogP contribution is -2.53. The van der Waals surface area contributed by atoms with E-state index in [4.69, 9.17) is 9.39 Å². The van der Waals surface area contributed by atoms with E-state index in [1.54, 1.807) is 39.8 Å². The molecule has 1 heterocycles. The van der Waals surface area contributed by atoms with Crippen LogP contribution >= 0.6 is 0 Å². The summed E-state index contributed by atoms with van der Waals surface area (Å²) in [5.41, 5.74) is -1.45. The molecule has 1 aromatic heterocycles. The summed E-state index contributed by atoms with van der Waals surface area (Å²) in [6, 6.07) is 3.22. The molecule has 0 saturated heterocycles. The van der Waals surface area contributed by atoms with E-state index in [0.29, 0.717) is 11.3 Å². The van der Waals surface area contributed by atoms with Crippen LogP contribution in [0.3, 0.4) is 0 Å². The second-order valence-corrected chi connectivity index (χ2v) is 5.17. The van der Waals surface area contributed by atoms with Gasteiger partial charge in [0.2, 0.25) is 5.88 Å². The summed E-state index contributed by atoms with van der Waals surface area (Å²) in [5, 5.41) is 20.0. The van der Waals surface area contributed by atoms with Crippen LogP contribution in [0.25, 0.3) is 0 Å². The Balaban J connectivity index is 2.85. The molecule has 0 amide bonds. The second-order valence-electron chi connectivity index (χ2n) is 5.17. The van der Waals surface area contributed by atoms with Gasteiger partial charge in [-0.05, 0) is 39.2 Å². The SMILES string of the molecule is COc1cc(B(O)OC(C)(C)C(C)(C)O)ccn1. The molecular formula is C12H20BNO4. The van der Waals surface area contributed by atoms with E-state index >= 15 is 0 Å². The van der Waals surface area contributed by atoms with Gasteiger partial charge in [0.1, 0.15) is 0 Å². The number of aliphatic hydroxyl groups is 1. The van der Waals surface area contributed by atoms with E-state index in [9.17, 15) is 10.1 Å². The molecule has 100 valence electrons. The average molecular weight is 253 g/mol. The molecule has 0 atom stereocenters. The molecule has 1 aromatic rings. The average Bonchev–Trinajstić information content (AvgIpc) is 2.27. The summed E-state index contributed by atoms with van der Waals surface area (Å²) >= 11 is 0. The van der Waals surface area contributed by atoms with E-state index < -0.39 is 18.3 Å². The predicted octanol–water partition coefficient (Wildman–Crippen LogP) is 0.344. The number of rotatable bonds is 5. The smallest absolute Gasteiger partial charge is 0.481 e. The molecule has 0 fully saturated rings. The first kappa shape index (κ1) is 15.0.